The topological polar surface area (TPSA) is 116 Å². The lowest BCUT2D eigenvalue weighted by Gasteiger charge is -2.22. The van der Waals surface area contributed by atoms with Gasteiger partial charge in [0.15, 0.2) is 0 Å². The Balaban J connectivity index is 3.75. The fourth-order valence-electron chi connectivity index (χ4n) is 6.52. The number of hydrogen-bond donors (Lipinski definition) is 4. The zero-order chi connectivity index (χ0) is 36.1. The summed E-state index contributed by atoms with van der Waals surface area (Å²) in [5.41, 5.74) is 0. The standard InChI is InChI=1S/C41H82NO6P/c1-3-5-7-9-11-13-14-15-16-17-18-19-20-21-22-23-24-25-26-27-29-31-33-35-37-41(44)42-39(38-48-49(45,46)47)40(43)36-34-32-30-28-12-10-8-6-4-2/h34,36,39-40,43H,3-33,35,37-38H2,1-2H3,(H,42,44)(H2,45,46,47)/b36-34+/t39-,40+/m0/s1. The lowest BCUT2D eigenvalue weighted by molar-refractivity contribution is -0.123. The third kappa shape index (κ3) is 38.3. The second-order valence-corrected chi connectivity index (χ2v) is 15.9. The van der Waals surface area contributed by atoms with Gasteiger partial charge in [-0.05, 0) is 19.3 Å². The highest BCUT2D eigenvalue weighted by atomic mass is 31.2. The van der Waals surface area contributed by atoms with Crippen LogP contribution in [0.5, 0.6) is 0 Å². The first kappa shape index (κ1) is 48.3. The van der Waals surface area contributed by atoms with Crippen LogP contribution in [0, 0.1) is 0 Å². The van der Waals surface area contributed by atoms with Crippen molar-refractivity contribution in [3.63, 3.8) is 0 Å². The normalized spacial score (nSPS) is 13.3. The van der Waals surface area contributed by atoms with Gasteiger partial charge in [-0.15, -0.1) is 0 Å². The molecule has 292 valence electrons. The molecule has 0 fully saturated rings. The van der Waals surface area contributed by atoms with E-state index in [0.717, 1.165) is 38.5 Å². The molecule has 0 aromatic rings. The van der Waals surface area contributed by atoms with Crippen molar-refractivity contribution in [3.8, 4) is 0 Å². The quantitative estimate of drug-likeness (QED) is 0.0286. The summed E-state index contributed by atoms with van der Waals surface area (Å²) in [5, 5.41) is 13.3. The van der Waals surface area contributed by atoms with Crippen molar-refractivity contribution in [2.45, 2.75) is 238 Å². The molecule has 49 heavy (non-hydrogen) atoms. The van der Waals surface area contributed by atoms with E-state index in [-0.39, 0.29) is 5.91 Å². The molecule has 0 saturated heterocycles. The van der Waals surface area contributed by atoms with E-state index in [2.05, 4.69) is 23.7 Å². The summed E-state index contributed by atoms with van der Waals surface area (Å²) in [6, 6.07) is -0.903. The highest BCUT2D eigenvalue weighted by molar-refractivity contribution is 7.46. The number of aliphatic hydroxyl groups excluding tert-OH is 1. The highest BCUT2D eigenvalue weighted by Gasteiger charge is 2.24. The highest BCUT2D eigenvalue weighted by Crippen LogP contribution is 2.35. The molecule has 0 heterocycles. The van der Waals surface area contributed by atoms with Gasteiger partial charge in [0.25, 0.3) is 0 Å². The largest absolute Gasteiger partial charge is 0.469 e. The minimum atomic E-state index is -4.70. The maximum Gasteiger partial charge on any atom is 0.469 e. The Bertz CT molecular complexity index is 773. The molecule has 0 aliphatic heterocycles. The van der Waals surface area contributed by atoms with E-state index < -0.39 is 26.6 Å². The van der Waals surface area contributed by atoms with Gasteiger partial charge in [0.2, 0.25) is 5.91 Å². The van der Waals surface area contributed by atoms with E-state index in [4.69, 9.17) is 9.79 Å². The van der Waals surface area contributed by atoms with Crippen molar-refractivity contribution in [2.75, 3.05) is 6.61 Å². The van der Waals surface area contributed by atoms with E-state index in [1.807, 2.05) is 6.08 Å². The van der Waals surface area contributed by atoms with E-state index in [9.17, 15) is 14.5 Å². The number of nitrogens with one attached hydrogen (secondary N) is 1. The molecule has 0 aromatic heterocycles. The third-order valence-corrected chi connectivity index (χ3v) is 10.2. The summed E-state index contributed by atoms with van der Waals surface area (Å²) in [5.74, 6) is -0.224. The van der Waals surface area contributed by atoms with Crippen LogP contribution in [-0.4, -0.2) is 39.6 Å². The van der Waals surface area contributed by atoms with E-state index >= 15 is 0 Å². The van der Waals surface area contributed by atoms with E-state index in [1.54, 1.807) is 6.08 Å². The van der Waals surface area contributed by atoms with Crippen LogP contribution in [0.4, 0.5) is 0 Å². The number of phosphoric ester groups is 1. The summed E-state index contributed by atoms with van der Waals surface area (Å²) in [4.78, 5) is 30.8. The number of amides is 1. The zero-order valence-corrected chi connectivity index (χ0v) is 33.3. The fourth-order valence-corrected chi connectivity index (χ4v) is 6.87. The molecule has 0 unspecified atom stereocenters. The van der Waals surface area contributed by atoms with Crippen LogP contribution >= 0.6 is 7.82 Å². The Kier molecular flexibility index (Phi) is 36.5. The number of rotatable bonds is 39. The Labute approximate surface area is 303 Å². The molecular weight excluding hydrogens is 633 g/mol. The molecule has 0 rings (SSSR count). The first-order chi connectivity index (χ1) is 23.8. The number of allylic oxidation sites excluding steroid dienone is 1. The molecule has 0 bridgehead atoms. The van der Waals surface area contributed by atoms with Crippen LogP contribution in [0.2, 0.25) is 0 Å². The van der Waals surface area contributed by atoms with Crippen LogP contribution in [0.15, 0.2) is 12.2 Å². The van der Waals surface area contributed by atoms with Gasteiger partial charge < -0.3 is 20.2 Å². The van der Waals surface area contributed by atoms with Crippen molar-refractivity contribution in [1.29, 1.82) is 0 Å². The molecule has 4 N–H and O–H groups in total. The van der Waals surface area contributed by atoms with Crippen LogP contribution in [-0.2, 0) is 13.9 Å². The monoisotopic (exact) mass is 716 g/mol. The van der Waals surface area contributed by atoms with E-state index in [1.165, 1.54) is 167 Å². The number of carbonyl (C=O) groups excluding carboxylic acids is 1. The van der Waals surface area contributed by atoms with Gasteiger partial charge in [0, 0.05) is 6.42 Å². The fraction of sp³-hybridized carbons (Fsp3) is 0.927. The molecule has 0 saturated carbocycles. The van der Waals surface area contributed by atoms with Crippen LogP contribution in [0.3, 0.4) is 0 Å². The minimum Gasteiger partial charge on any atom is -0.387 e. The predicted molar refractivity (Wildman–Crippen MR) is 209 cm³/mol. The van der Waals surface area contributed by atoms with Crippen molar-refractivity contribution in [3.05, 3.63) is 12.2 Å². The van der Waals surface area contributed by atoms with Gasteiger partial charge >= 0.3 is 7.82 Å². The Morgan fingerprint density at radius 2 is 0.898 bits per heavy atom. The van der Waals surface area contributed by atoms with Crippen LogP contribution in [0.1, 0.15) is 226 Å². The number of phosphoric acid groups is 1. The smallest absolute Gasteiger partial charge is 0.387 e. The Morgan fingerprint density at radius 1 is 0.571 bits per heavy atom. The van der Waals surface area contributed by atoms with Gasteiger partial charge in [0.05, 0.1) is 18.8 Å². The van der Waals surface area contributed by atoms with E-state index in [0.29, 0.717) is 6.42 Å². The lowest BCUT2D eigenvalue weighted by Crippen LogP contribution is -2.45. The second-order valence-electron chi connectivity index (χ2n) is 14.7. The van der Waals surface area contributed by atoms with Crippen molar-refractivity contribution < 1.29 is 28.8 Å². The van der Waals surface area contributed by atoms with Crippen LogP contribution < -0.4 is 5.32 Å². The maximum absolute atomic E-state index is 12.5. The molecule has 0 aliphatic rings. The summed E-state index contributed by atoms with van der Waals surface area (Å²) in [6.45, 7) is 4.05. The van der Waals surface area contributed by atoms with Gasteiger partial charge in [-0.1, -0.05) is 212 Å². The number of aliphatic hydroxyl groups is 1. The summed E-state index contributed by atoms with van der Waals surface area (Å²) in [7, 11) is -4.70. The molecule has 7 nitrogen and oxygen atoms in total. The molecule has 1 amide bonds. The molecule has 2 atom stereocenters. The average Bonchev–Trinajstić information content (AvgIpc) is 3.07. The second kappa shape index (κ2) is 37.1. The summed E-state index contributed by atoms with van der Waals surface area (Å²) in [6.07, 6.45) is 44.0. The molecule has 0 spiro atoms. The number of carbonyl (C=O) groups is 1. The lowest BCUT2D eigenvalue weighted by atomic mass is 10.0. The van der Waals surface area contributed by atoms with Gasteiger partial charge in [-0.3, -0.25) is 9.32 Å². The molecule has 0 radical (unpaired) electrons. The first-order valence-corrected chi connectivity index (χ1v) is 22.7. The Morgan fingerprint density at radius 3 is 1.24 bits per heavy atom. The summed E-state index contributed by atoms with van der Waals surface area (Å²) >= 11 is 0. The van der Waals surface area contributed by atoms with Crippen molar-refractivity contribution in [1.82, 2.24) is 5.32 Å². The Hall–Kier alpha value is -0.720. The van der Waals surface area contributed by atoms with Gasteiger partial charge in [0.1, 0.15) is 0 Å². The van der Waals surface area contributed by atoms with Crippen molar-refractivity contribution in [2.24, 2.45) is 0 Å². The zero-order valence-electron chi connectivity index (χ0n) is 32.4. The SMILES string of the molecule is CCCCCCCCC/C=C/[C@@H](O)[C@H](COP(=O)(O)O)NC(=O)CCCCCCCCCCCCCCCCCCCCCCCCCC. The third-order valence-electron chi connectivity index (χ3n) is 9.75. The van der Waals surface area contributed by atoms with Crippen molar-refractivity contribution >= 4 is 13.7 Å². The minimum absolute atomic E-state index is 0.224. The molecule has 8 heteroatoms. The van der Waals surface area contributed by atoms with Gasteiger partial charge in [-0.25, -0.2) is 4.57 Å². The predicted octanol–water partition coefficient (Wildman–Crippen LogP) is 12.4. The van der Waals surface area contributed by atoms with Gasteiger partial charge in [-0.2, -0.15) is 0 Å². The number of unbranched alkanes of at least 4 members (excludes halogenated alkanes) is 30. The molecular formula is C41H82NO6P. The number of hydrogen-bond acceptors (Lipinski definition) is 4. The first-order valence-electron chi connectivity index (χ1n) is 21.1. The van der Waals surface area contributed by atoms with Crippen LogP contribution in [0.25, 0.3) is 0 Å². The molecule has 0 aliphatic carbocycles. The molecule has 0 aromatic carbocycles. The maximum atomic E-state index is 12.5. The average molecular weight is 716 g/mol. The summed E-state index contributed by atoms with van der Waals surface area (Å²) < 4.78 is 15.8.